The van der Waals surface area contributed by atoms with Gasteiger partial charge in [0.25, 0.3) is 0 Å². The molecule has 2 atom stereocenters. The molecule has 0 spiro atoms. The van der Waals surface area contributed by atoms with Crippen molar-refractivity contribution in [3.05, 3.63) is 36.2 Å². The van der Waals surface area contributed by atoms with Crippen molar-refractivity contribution in [2.45, 2.75) is 64.3 Å². The van der Waals surface area contributed by atoms with Crippen LogP contribution < -0.4 is 0 Å². The average Bonchev–Trinajstić information content (AvgIpc) is 3.13. The average molecular weight is 327 g/mol. The maximum atomic E-state index is 6.02. The van der Waals surface area contributed by atoms with Gasteiger partial charge in [0.05, 0.1) is 0 Å². The van der Waals surface area contributed by atoms with E-state index in [1.807, 2.05) is 30.3 Å². The van der Waals surface area contributed by atoms with E-state index in [0.717, 1.165) is 17.9 Å². The van der Waals surface area contributed by atoms with E-state index in [2.05, 4.69) is 28.9 Å². The lowest BCUT2D eigenvalue weighted by atomic mass is 9.84. The van der Waals surface area contributed by atoms with Crippen LogP contribution in [0.15, 0.2) is 34.7 Å². The van der Waals surface area contributed by atoms with E-state index < -0.39 is 0 Å². The zero-order chi connectivity index (χ0) is 16.8. The van der Waals surface area contributed by atoms with Crippen LogP contribution >= 0.6 is 0 Å². The molecule has 0 bridgehead atoms. The maximum absolute atomic E-state index is 6.02. The maximum Gasteiger partial charge on any atom is 0.247 e. The summed E-state index contributed by atoms with van der Waals surface area (Å²) in [6, 6.07) is 10.7. The van der Waals surface area contributed by atoms with Crippen molar-refractivity contribution in [2.24, 2.45) is 0 Å². The van der Waals surface area contributed by atoms with E-state index >= 15 is 0 Å². The third-order valence-corrected chi connectivity index (χ3v) is 5.00. The highest BCUT2D eigenvalue weighted by Crippen LogP contribution is 2.35. The third kappa shape index (κ3) is 4.04. The molecule has 1 aromatic heterocycles. The van der Waals surface area contributed by atoms with Crippen molar-refractivity contribution < 1.29 is 4.42 Å². The quantitative estimate of drug-likeness (QED) is 0.726. The summed E-state index contributed by atoms with van der Waals surface area (Å²) < 4.78 is 6.02. The molecule has 1 aromatic carbocycles. The minimum atomic E-state index is 0.407. The fraction of sp³-hybridized carbons (Fsp3) is 0.600. The number of rotatable bonds is 7. The van der Waals surface area contributed by atoms with Gasteiger partial charge >= 0.3 is 0 Å². The molecule has 3 rings (SSSR count). The van der Waals surface area contributed by atoms with Crippen molar-refractivity contribution in [3.63, 3.8) is 0 Å². The molecular formula is C20H29N3O. The van der Waals surface area contributed by atoms with Gasteiger partial charge in [-0.3, -0.25) is 0 Å². The molecule has 0 radical (unpaired) electrons. The Hall–Kier alpha value is -1.68. The Morgan fingerprint density at radius 3 is 2.50 bits per heavy atom. The molecule has 1 fully saturated rings. The number of aromatic nitrogens is 2. The highest BCUT2D eigenvalue weighted by molar-refractivity contribution is 5.51. The van der Waals surface area contributed by atoms with Crippen LogP contribution in [0.5, 0.6) is 0 Å². The van der Waals surface area contributed by atoms with Crippen molar-refractivity contribution in [3.8, 4) is 11.5 Å². The summed E-state index contributed by atoms with van der Waals surface area (Å²) in [5, 5.41) is 8.64. The standard InChI is InChI=1S/C20H29N3O/c1-3-13-23(14-4-2)18-12-8-11-17(15-18)20-22-21-19(24-20)16-9-6-5-7-10-16/h5-7,9-10,17-18H,3-4,8,11-15H2,1-2H3/t17?,18-/m1/s1. The molecule has 0 amide bonds. The van der Waals surface area contributed by atoms with E-state index in [1.54, 1.807) is 0 Å². The minimum absolute atomic E-state index is 0.407. The first-order chi connectivity index (χ1) is 11.8. The molecule has 0 saturated heterocycles. The number of benzene rings is 1. The fourth-order valence-electron chi connectivity index (χ4n) is 3.87. The van der Waals surface area contributed by atoms with E-state index in [1.165, 1.54) is 45.2 Å². The summed E-state index contributed by atoms with van der Waals surface area (Å²) >= 11 is 0. The van der Waals surface area contributed by atoms with Gasteiger partial charge in [-0.05, 0) is 57.3 Å². The lowest BCUT2D eigenvalue weighted by Crippen LogP contribution is -2.39. The van der Waals surface area contributed by atoms with Crippen LogP contribution in [-0.4, -0.2) is 34.2 Å². The molecule has 130 valence electrons. The summed E-state index contributed by atoms with van der Waals surface area (Å²) in [5.41, 5.74) is 1.00. The van der Waals surface area contributed by atoms with Crippen molar-refractivity contribution in [1.29, 1.82) is 0 Å². The normalized spacial score (nSPS) is 21.3. The first-order valence-electron chi connectivity index (χ1n) is 9.44. The van der Waals surface area contributed by atoms with Gasteiger partial charge in [0.2, 0.25) is 11.8 Å². The number of hydrogen-bond donors (Lipinski definition) is 0. The molecule has 24 heavy (non-hydrogen) atoms. The monoisotopic (exact) mass is 327 g/mol. The molecule has 1 saturated carbocycles. The molecule has 4 heteroatoms. The van der Waals surface area contributed by atoms with Gasteiger partial charge in [0.15, 0.2) is 0 Å². The van der Waals surface area contributed by atoms with Gasteiger partial charge in [-0.2, -0.15) is 0 Å². The Morgan fingerprint density at radius 2 is 1.79 bits per heavy atom. The predicted molar refractivity (Wildman–Crippen MR) is 96.9 cm³/mol. The van der Waals surface area contributed by atoms with E-state index in [-0.39, 0.29) is 0 Å². The largest absolute Gasteiger partial charge is 0.420 e. The van der Waals surface area contributed by atoms with Crippen LogP contribution in [0, 0.1) is 0 Å². The summed E-state index contributed by atoms with van der Waals surface area (Å²) in [5.74, 6) is 1.88. The first kappa shape index (κ1) is 17.2. The van der Waals surface area contributed by atoms with Crippen LogP contribution in [-0.2, 0) is 0 Å². The summed E-state index contributed by atoms with van der Waals surface area (Å²) in [6.07, 6.45) is 7.31. The Balaban J connectivity index is 1.69. The van der Waals surface area contributed by atoms with Crippen LogP contribution in [0.25, 0.3) is 11.5 Å². The van der Waals surface area contributed by atoms with Gasteiger partial charge in [0, 0.05) is 17.5 Å². The molecule has 0 aliphatic heterocycles. The van der Waals surface area contributed by atoms with E-state index in [4.69, 9.17) is 4.42 Å². The topological polar surface area (TPSA) is 42.2 Å². The Kier molecular flexibility index (Phi) is 6.02. The second-order valence-electron chi connectivity index (χ2n) is 6.86. The number of hydrogen-bond acceptors (Lipinski definition) is 4. The minimum Gasteiger partial charge on any atom is -0.420 e. The highest BCUT2D eigenvalue weighted by Gasteiger charge is 2.30. The van der Waals surface area contributed by atoms with Crippen molar-refractivity contribution in [2.75, 3.05) is 13.1 Å². The Bertz CT molecular complexity index is 604. The van der Waals surface area contributed by atoms with E-state index in [0.29, 0.717) is 17.9 Å². The lowest BCUT2D eigenvalue weighted by molar-refractivity contribution is 0.140. The second kappa shape index (κ2) is 8.43. The molecular weight excluding hydrogens is 298 g/mol. The van der Waals surface area contributed by atoms with Gasteiger partial charge in [-0.25, -0.2) is 0 Å². The summed E-state index contributed by atoms with van der Waals surface area (Å²) in [6.45, 7) is 6.94. The molecule has 1 unspecified atom stereocenters. The molecule has 1 heterocycles. The van der Waals surface area contributed by atoms with Crippen LogP contribution in [0.4, 0.5) is 0 Å². The lowest BCUT2D eigenvalue weighted by Gasteiger charge is -2.36. The van der Waals surface area contributed by atoms with Crippen LogP contribution in [0.3, 0.4) is 0 Å². The second-order valence-corrected chi connectivity index (χ2v) is 6.86. The van der Waals surface area contributed by atoms with Crippen LogP contribution in [0.1, 0.15) is 64.2 Å². The zero-order valence-corrected chi connectivity index (χ0v) is 14.9. The first-order valence-corrected chi connectivity index (χ1v) is 9.44. The molecule has 0 N–H and O–H groups in total. The molecule has 1 aliphatic rings. The fourth-order valence-corrected chi connectivity index (χ4v) is 3.87. The smallest absolute Gasteiger partial charge is 0.247 e. The van der Waals surface area contributed by atoms with Gasteiger partial charge in [-0.15, -0.1) is 10.2 Å². The molecule has 1 aliphatic carbocycles. The zero-order valence-electron chi connectivity index (χ0n) is 14.9. The highest BCUT2D eigenvalue weighted by atomic mass is 16.4. The summed E-state index contributed by atoms with van der Waals surface area (Å²) in [4.78, 5) is 2.67. The Morgan fingerprint density at radius 1 is 1.04 bits per heavy atom. The summed E-state index contributed by atoms with van der Waals surface area (Å²) in [7, 11) is 0. The predicted octanol–water partition coefficient (Wildman–Crippen LogP) is 4.88. The molecule has 4 nitrogen and oxygen atoms in total. The van der Waals surface area contributed by atoms with E-state index in [9.17, 15) is 0 Å². The van der Waals surface area contributed by atoms with Gasteiger partial charge in [-0.1, -0.05) is 38.5 Å². The van der Waals surface area contributed by atoms with Crippen molar-refractivity contribution >= 4 is 0 Å². The van der Waals surface area contributed by atoms with Crippen LogP contribution in [0.2, 0.25) is 0 Å². The van der Waals surface area contributed by atoms with Crippen molar-refractivity contribution in [1.82, 2.24) is 15.1 Å². The van der Waals surface area contributed by atoms with Gasteiger partial charge in [0.1, 0.15) is 0 Å². The van der Waals surface area contributed by atoms with Gasteiger partial charge < -0.3 is 9.32 Å². The molecule has 2 aromatic rings. The SMILES string of the molecule is CCCN(CCC)[C@@H]1CCCC(c2nnc(-c3ccccc3)o2)C1. The number of nitrogens with zero attached hydrogens (tertiary/aromatic N) is 3. The Labute approximate surface area is 145 Å². The third-order valence-electron chi connectivity index (χ3n) is 5.00.